The molecule has 2 N–H and O–H groups in total. The first kappa shape index (κ1) is 15.7. The minimum Gasteiger partial charge on any atom is -0.481 e. The molecule has 0 aromatic carbocycles. The first-order valence-electron chi connectivity index (χ1n) is 6.89. The minimum absolute atomic E-state index is 0.131. The van der Waals surface area contributed by atoms with Gasteiger partial charge < -0.3 is 10.4 Å². The number of carboxylic acids is 1. The predicted octanol–water partition coefficient (Wildman–Crippen LogP) is 2.45. The van der Waals surface area contributed by atoms with Gasteiger partial charge in [-0.15, -0.1) is 0 Å². The van der Waals surface area contributed by atoms with Crippen molar-refractivity contribution in [2.45, 2.75) is 40.5 Å². The highest BCUT2D eigenvalue weighted by Crippen LogP contribution is 2.27. The van der Waals surface area contributed by atoms with Gasteiger partial charge in [-0.25, -0.2) is 0 Å². The first-order chi connectivity index (χ1) is 8.73. The van der Waals surface area contributed by atoms with Crippen molar-refractivity contribution in [3.63, 3.8) is 0 Å². The number of hydrogen-bond donors (Lipinski definition) is 2. The summed E-state index contributed by atoms with van der Waals surface area (Å²) >= 11 is 0. The molecule has 1 aliphatic carbocycles. The molecule has 0 aromatic rings. The molecule has 1 rings (SSSR count). The van der Waals surface area contributed by atoms with Gasteiger partial charge >= 0.3 is 5.97 Å². The van der Waals surface area contributed by atoms with E-state index in [2.05, 4.69) is 33.0 Å². The summed E-state index contributed by atoms with van der Waals surface area (Å²) in [5, 5.41) is 12.1. The predicted molar refractivity (Wildman–Crippen MR) is 74.6 cm³/mol. The molecule has 0 saturated carbocycles. The van der Waals surface area contributed by atoms with Gasteiger partial charge in [-0.3, -0.25) is 9.59 Å². The number of rotatable bonds is 4. The molecular weight excluding hydrogens is 242 g/mol. The van der Waals surface area contributed by atoms with Gasteiger partial charge in [0.1, 0.15) is 0 Å². The highest BCUT2D eigenvalue weighted by Gasteiger charge is 2.34. The zero-order chi connectivity index (χ0) is 14.6. The molecule has 3 atom stereocenters. The maximum absolute atomic E-state index is 12.1. The van der Waals surface area contributed by atoms with Gasteiger partial charge in [-0.2, -0.15) is 0 Å². The van der Waals surface area contributed by atoms with Crippen LogP contribution in [0.4, 0.5) is 0 Å². The molecule has 1 amide bonds. The Morgan fingerprint density at radius 2 is 1.79 bits per heavy atom. The van der Waals surface area contributed by atoms with E-state index in [-0.39, 0.29) is 11.3 Å². The fourth-order valence-electron chi connectivity index (χ4n) is 2.07. The van der Waals surface area contributed by atoms with Gasteiger partial charge in [0.2, 0.25) is 5.91 Å². The molecule has 108 valence electrons. The first-order valence-corrected chi connectivity index (χ1v) is 6.89. The molecule has 0 radical (unpaired) electrons. The lowest BCUT2D eigenvalue weighted by Crippen LogP contribution is -2.41. The van der Waals surface area contributed by atoms with Gasteiger partial charge in [-0.05, 0) is 24.2 Å². The monoisotopic (exact) mass is 267 g/mol. The van der Waals surface area contributed by atoms with Crippen LogP contribution < -0.4 is 5.32 Å². The summed E-state index contributed by atoms with van der Waals surface area (Å²) in [5.74, 6) is -1.69. The molecule has 3 unspecified atom stereocenters. The van der Waals surface area contributed by atoms with Crippen LogP contribution in [0.25, 0.3) is 0 Å². The lowest BCUT2D eigenvalue weighted by molar-refractivity contribution is -0.147. The lowest BCUT2D eigenvalue weighted by atomic mass is 9.80. The Hall–Kier alpha value is -1.32. The van der Waals surface area contributed by atoms with E-state index >= 15 is 0 Å². The molecule has 0 aliphatic heterocycles. The van der Waals surface area contributed by atoms with Crippen molar-refractivity contribution in [2.75, 3.05) is 6.54 Å². The van der Waals surface area contributed by atoms with E-state index in [9.17, 15) is 9.59 Å². The molecular formula is C15H25NO3. The van der Waals surface area contributed by atoms with E-state index in [1.165, 1.54) is 0 Å². The van der Waals surface area contributed by atoms with E-state index in [4.69, 9.17) is 5.11 Å². The number of carbonyl (C=O) groups is 2. The third-order valence-electron chi connectivity index (χ3n) is 4.15. The smallest absolute Gasteiger partial charge is 0.307 e. The molecule has 19 heavy (non-hydrogen) atoms. The van der Waals surface area contributed by atoms with Crippen LogP contribution >= 0.6 is 0 Å². The summed E-state index contributed by atoms with van der Waals surface area (Å²) in [5.41, 5.74) is 0.131. The molecule has 0 spiro atoms. The number of carbonyl (C=O) groups excluding carboxylic acids is 1. The third kappa shape index (κ3) is 4.37. The quantitative estimate of drug-likeness (QED) is 0.769. The van der Waals surface area contributed by atoms with Crippen LogP contribution in [0, 0.1) is 23.2 Å². The minimum atomic E-state index is -0.881. The normalized spacial score (nSPS) is 24.8. The molecule has 0 heterocycles. The highest BCUT2D eigenvalue weighted by molar-refractivity contribution is 5.85. The maximum Gasteiger partial charge on any atom is 0.307 e. The maximum atomic E-state index is 12.1. The standard InChI is InChI=1S/C15H25NO3/c1-10(15(2,3)4)9-16-13(17)11-7-5-6-8-12(11)14(18)19/h5-6,10-12H,7-9H2,1-4H3,(H,16,17)(H,18,19). The number of carboxylic acid groups (broad SMARTS) is 1. The number of nitrogens with one attached hydrogen (secondary N) is 1. The fourth-order valence-corrected chi connectivity index (χ4v) is 2.07. The Morgan fingerprint density at radius 3 is 2.26 bits per heavy atom. The van der Waals surface area contributed by atoms with Crippen LogP contribution in [-0.2, 0) is 9.59 Å². The molecule has 4 nitrogen and oxygen atoms in total. The molecule has 0 aromatic heterocycles. The number of aliphatic carboxylic acids is 1. The molecule has 4 heteroatoms. The molecule has 1 aliphatic rings. The van der Waals surface area contributed by atoms with Gasteiger partial charge in [0.05, 0.1) is 11.8 Å². The van der Waals surface area contributed by atoms with E-state index in [0.717, 1.165) is 0 Å². The largest absolute Gasteiger partial charge is 0.481 e. The number of allylic oxidation sites excluding steroid dienone is 2. The second-order valence-electron chi connectivity index (χ2n) is 6.51. The summed E-state index contributed by atoms with van der Waals surface area (Å²) < 4.78 is 0. The van der Waals surface area contributed by atoms with E-state index in [1.807, 2.05) is 12.2 Å². The second kappa shape index (κ2) is 6.22. The summed E-state index contributed by atoms with van der Waals surface area (Å²) in [6.45, 7) is 9.08. The van der Waals surface area contributed by atoms with Crippen molar-refractivity contribution in [3.05, 3.63) is 12.2 Å². The average Bonchev–Trinajstić information content (AvgIpc) is 2.34. The van der Waals surface area contributed by atoms with Crippen LogP contribution in [0.5, 0.6) is 0 Å². The van der Waals surface area contributed by atoms with Gasteiger partial charge in [0.15, 0.2) is 0 Å². The van der Waals surface area contributed by atoms with E-state index in [1.54, 1.807) is 0 Å². The van der Waals surface area contributed by atoms with Gasteiger partial charge in [-0.1, -0.05) is 39.8 Å². The summed E-state index contributed by atoms with van der Waals surface area (Å²) in [6, 6.07) is 0. The summed E-state index contributed by atoms with van der Waals surface area (Å²) in [7, 11) is 0. The van der Waals surface area contributed by atoms with Crippen LogP contribution in [0.1, 0.15) is 40.5 Å². The van der Waals surface area contributed by atoms with Crippen LogP contribution in [-0.4, -0.2) is 23.5 Å². The Morgan fingerprint density at radius 1 is 1.26 bits per heavy atom. The SMILES string of the molecule is CC(CNC(=O)C1CC=CCC1C(=O)O)C(C)(C)C. The zero-order valence-corrected chi connectivity index (χ0v) is 12.3. The summed E-state index contributed by atoms with van der Waals surface area (Å²) in [6.07, 6.45) is 4.71. The Balaban J connectivity index is 2.57. The topological polar surface area (TPSA) is 66.4 Å². The van der Waals surface area contributed by atoms with Gasteiger partial charge in [0, 0.05) is 6.54 Å². The van der Waals surface area contributed by atoms with Crippen molar-refractivity contribution in [1.82, 2.24) is 5.32 Å². The van der Waals surface area contributed by atoms with Gasteiger partial charge in [0.25, 0.3) is 0 Å². The number of hydrogen-bond acceptors (Lipinski definition) is 2. The van der Waals surface area contributed by atoms with E-state index < -0.39 is 17.8 Å². The Labute approximate surface area is 115 Å². The van der Waals surface area contributed by atoms with Crippen LogP contribution in [0.2, 0.25) is 0 Å². The second-order valence-corrected chi connectivity index (χ2v) is 6.51. The number of amides is 1. The van der Waals surface area contributed by atoms with Crippen molar-refractivity contribution >= 4 is 11.9 Å². The lowest BCUT2D eigenvalue weighted by Gasteiger charge is -2.29. The summed E-state index contributed by atoms with van der Waals surface area (Å²) in [4.78, 5) is 23.3. The Bertz CT molecular complexity index is 368. The third-order valence-corrected chi connectivity index (χ3v) is 4.15. The average molecular weight is 267 g/mol. The molecule has 0 bridgehead atoms. The Kier molecular flexibility index (Phi) is 5.15. The molecule has 0 saturated heterocycles. The van der Waals surface area contributed by atoms with Crippen LogP contribution in [0.15, 0.2) is 12.2 Å². The highest BCUT2D eigenvalue weighted by atomic mass is 16.4. The van der Waals surface area contributed by atoms with Crippen molar-refractivity contribution in [1.29, 1.82) is 0 Å². The van der Waals surface area contributed by atoms with E-state index in [0.29, 0.717) is 25.3 Å². The fraction of sp³-hybridized carbons (Fsp3) is 0.733. The molecule has 0 fully saturated rings. The van der Waals surface area contributed by atoms with Crippen LogP contribution in [0.3, 0.4) is 0 Å². The van der Waals surface area contributed by atoms with Crippen molar-refractivity contribution in [2.24, 2.45) is 23.2 Å². The van der Waals surface area contributed by atoms with Crippen molar-refractivity contribution < 1.29 is 14.7 Å². The zero-order valence-electron chi connectivity index (χ0n) is 12.3. The van der Waals surface area contributed by atoms with Crippen molar-refractivity contribution in [3.8, 4) is 0 Å².